The summed E-state index contributed by atoms with van der Waals surface area (Å²) in [6.45, 7) is 8.04. The van der Waals surface area contributed by atoms with Gasteiger partial charge in [0.1, 0.15) is 0 Å². The Morgan fingerprint density at radius 1 is 1.16 bits per heavy atom. The molecule has 1 heterocycles. The van der Waals surface area contributed by atoms with E-state index in [4.69, 9.17) is 0 Å². The van der Waals surface area contributed by atoms with Crippen LogP contribution in [0.25, 0.3) is 0 Å². The van der Waals surface area contributed by atoms with Crippen molar-refractivity contribution in [2.45, 2.75) is 32.4 Å². The van der Waals surface area contributed by atoms with Crippen LogP contribution >= 0.6 is 0 Å². The van der Waals surface area contributed by atoms with Gasteiger partial charge in [-0.05, 0) is 44.0 Å². The molecular formula is C16H25N3. The molecule has 2 aliphatic rings. The van der Waals surface area contributed by atoms with Crippen LogP contribution in [0.5, 0.6) is 0 Å². The van der Waals surface area contributed by atoms with Crippen LogP contribution in [0.2, 0.25) is 0 Å². The van der Waals surface area contributed by atoms with Gasteiger partial charge in [-0.2, -0.15) is 0 Å². The lowest BCUT2D eigenvalue weighted by molar-refractivity contribution is 0.248. The molecule has 1 aromatic rings. The average molecular weight is 259 g/mol. The summed E-state index contributed by atoms with van der Waals surface area (Å²) in [6.07, 6.45) is 2.86. The van der Waals surface area contributed by atoms with Crippen LogP contribution in [0.4, 0.5) is 5.69 Å². The molecule has 3 rings (SSSR count). The third kappa shape index (κ3) is 2.93. The van der Waals surface area contributed by atoms with Crippen LogP contribution < -0.4 is 10.2 Å². The van der Waals surface area contributed by atoms with Gasteiger partial charge in [0.2, 0.25) is 0 Å². The van der Waals surface area contributed by atoms with Crippen LogP contribution in [0.1, 0.15) is 24.0 Å². The third-order valence-corrected chi connectivity index (χ3v) is 4.36. The largest absolute Gasteiger partial charge is 0.369 e. The van der Waals surface area contributed by atoms with Crippen molar-refractivity contribution in [1.29, 1.82) is 0 Å². The minimum absolute atomic E-state index is 0.918. The first kappa shape index (κ1) is 12.9. The molecule has 0 atom stereocenters. The van der Waals surface area contributed by atoms with Gasteiger partial charge in [-0.15, -0.1) is 0 Å². The predicted molar refractivity (Wildman–Crippen MR) is 80.8 cm³/mol. The summed E-state index contributed by atoms with van der Waals surface area (Å²) in [7, 11) is 2.00. The first-order valence-corrected chi connectivity index (χ1v) is 7.51. The predicted octanol–water partition coefficient (Wildman–Crippen LogP) is 2.00. The second-order valence-corrected chi connectivity index (χ2v) is 5.91. The van der Waals surface area contributed by atoms with Crippen LogP contribution in [-0.4, -0.2) is 44.2 Å². The van der Waals surface area contributed by atoms with Gasteiger partial charge in [-0.1, -0.05) is 12.1 Å². The van der Waals surface area contributed by atoms with Gasteiger partial charge < -0.3 is 10.2 Å². The van der Waals surface area contributed by atoms with E-state index < -0.39 is 0 Å². The smallest absolute Gasteiger partial charge is 0.0397 e. The van der Waals surface area contributed by atoms with Gasteiger partial charge in [0.15, 0.2) is 0 Å². The molecule has 104 valence electrons. The summed E-state index contributed by atoms with van der Waals surface area (Å²) in [5.41, 5.74) is 4.21. The van der Waals surface area contributed by atoms with Gasteiger partial charge in [-0.25, -0.2) is 0 Å². The van der Waals surface area contributed by atoms with Gasteiger partial charge in [-0.3, -0.25) is 4.90 Å². The van der Waals surface area contributed by atoms with Crippen molar-refractivity contribution in [2.75, 3.05) is 38.1 Å². The summed E-state index contributed by atoms with van der Waals surface area (Å²) >= 11 is 0. The highest BCUT2D eigenvalue weighted by atomic mass is 15.3. The zero-order valence-corrected chi connectivity index (χ0v) is 12.2. The van der Waals surface area contributed by atoms with Crippen molar-refractivity contribution in [2.24, 2.45) is 0 Å². The van der Waals surface area contributed by atoms with Crippen LogP contribution in [-0.2, 0) is 6.54 Å². The molecule has 1 N–H and O–H groups in total. The number of nitrogens with one attached hydrogen (secondary N) is 1. The molecule has 0 unspecified atom stereocenters. The molecule has 1 aliphatic carbocycles. The zero-order valence-electron chi connectivity index (χ0n) is 12.2. The molecule has 2 fully saturated rings. The first-order valence-electron chi connectivity index (χ1n) is 7.51. The maximum Gasteiger partial charge on any atom is 0.0397 e. The van der Waals surface area contributed by atoms with Gasteiger partial charge in [0, 0.05) is 44.5 Å². The molecule has 19 heavy (non-hydrogen) atoms. The lowest BCUT2D eigenvalue weighted by Gasteiger charge is -2.37. The highest BCUT2D eigenvalue weighted by molar-refractivity contribution is 5.54. The van der Waals surface area contributed by atoms with Crippen molar-refractivity contribution >= 4 is 5.69 Å². The summed E-state index contributed by atoms with van der Waals surface area (Å²) in [5, 5.41) is 3.22. The normalized spacial score (nSPS) is 20.8. The number of hydrogen-bond donors (Lipinski definition) is 1. The van der Waals surface area contributed by atoms with E-state index in [-0.39, 0.29) is 0 Å². The van der Waals surface area contributed by atoms with Crippen molar-refractivity contribution in [3.63, 3.8) is 0 Å². The lowest BCUT2D eigenvalue weighted by Crippen LogP contribution is -2.47. The van der Waals surface area contributed by atoms with E-state index in [1.165, 1.54) is 55.8 Å². The first-order chi connectivity index (χ1) is 9.28. The van der Waals surface area contributed by atoms with Crippen LogP contribution in [0.3, 0.4) is 0 Å². The lowest BCUT2D eigenvalue weighted by atomic mass is 10.1. The van der Waals surface area contributed by atoms with Crippen molar-refractivity contribution < 1.29 is 0 Å². The highest BCUT2D eigenvalue weighted by Crippen LogP contribution is 2.29. The maximum absolute atomic E-state index is 3.22. The third-order valence-electron chi connectivity index (χ3n) is 4.36. The molecule has 3 heteroatoms. The maximum atomic E-state index is 3.22. The standard InChI is InChI=1S/C16H25N3/c1-13-11-14(12-17-2)3-6-16(13)19-9-7-18(8-10-19)15-4-5-15/h3,6,11,15,17H,4-5,7-10,12H2,1-2H3. The molecule has 3 nitrogen and oxygen atoms in total. The zero-order chi connectivity index (χ0) is 13.2. The average Bonchev–Trinajstić information content (AvgIpc) is 3.24. The molecule has 0 bridgehead atoms. The topological polar surface area (TPSA) is 18.5 Å². The van der Waals surface area contributed by atoms with Crippen molar-refractivity contribution in [1.82, 2.24) is 10.2 Å². The Labute approximate surface area is 116 Å². The fourth-order valence-electron chi connectivity index (χ4n) is 3.15. The van der Waals surface area contributed by atoms with E-state index in [0.29, 0.717) is 0 Å². The van der Waals surface area contributed by atoms with Gasteiger partial charge >= 0.3 is 0 Å². The number of aryl methyl sites for hydroxylation is 1. The monoisotopic (exact) mass is 259 g/mol. The molecule has 0 spiro atoms. The Kier molecular flexibility index (Phi) is 3.76. The number of anilines is 1. The Hall–Kier alpha value is -1.06. The summed E-state index contributed by atoms with van der Waals surface area (Å²) in [6, 6.07) is 7.79. The quantitative estimate of drug-likeness (QED) is 0.892. The number of nitrogens with zero attached hydrogens (tertiary/aromatic N) is 2. The minimum Gasteiger partial charge on any atom is -0.369 e. The van der Waals surface area contributed by atoms with Gasteiger partial charge in [0.25, 0.3) is 0 Å². The molecule has 1 aromatic carbocycles. The van der Waals surface area contributed by atoms with E-state index in [1.54, 1.807) is 0 Å². The second-order valence-electron chi connectivity index (χ2n) is 5.91. The molecule has 0 aromatic heterocycles. The summed E-state index contributed by atoms with van der Waals surface area (Å²) < 4.78 is 0. The Balaban J connectivity index is 1.65. The van der Waals surface area contributed by atoms with Crippen molar-refractivity contribution in [3.8, 4) is 0 Å². The number of benzene rings is 1. The molecule has 1 saturated carbocycles. The Morgan fingerprint density at radius 3 is 2.47 bits per heavy atom. The number of piperazine rings is 1. The number of rotatable bonds is 4. The minimum atomic E-state index is 0.918. The molecular weight excluding hydrogens is 234 g/mol. The van der Waals surface area contributed by atoms with E-state index in [0.717, 1.165) is 12.6 Å². The molecule has 1 saturated heterocycles. The van der Waals surface area contributed by atoms with Crippen LogP contribution in [0, 0.1) is 6.92 Å². The Morgan fingerprint density at radius 2 is 1.89 bits per heavy atom. The van der Waals surface area contributed by atoms with Crippen molar-refractivity contribution in [3.05, 3.63) is 29.3 Å². The van der Waals surface area contributed by atoms with E-state index in [2.05, 4.69) is 40.2 Å². The Bertz CT molecular complexity index is 432. The number of hydrogen-bond acceptors (Lipinski definition) is 3. The van der Waals surface area contributed by atoms with E-state index in [9.17, 15) is 0 Å². The summed E-state index contributed by atoms with van der Waals surface area (Å²) in [4.78, 5) is 5.22. The fourth-order valence-corrected chi connectivity index (χ4v) is 3.15. The molecule has 1 aliphatic heterocycles. The van der Waals surface area contributed by atoms with E-state index >= 15 is 0 Å². The fraction of sp³-hybridized carbons (Fsp3) is 0.625. The molecule has 0 amide bonds. The second kappa shape index (κ2) is 5.51. The van der Waals surface area contributed by atoms with E-state index in [1.807, 2.05) is 7.05 Å². The molecule has 0 radical (unpaired) electrons. The highest BCUT2D eigenvalue weighted by Gasteiger charge is 2.31. The SMILES string of the molecule is CNCc1ccc(N2CCN(C3CC3)CC2)c(C)c1. The van der Waals surface area contributed by atoms with Gasteiger partial charge in [0.05, 0.1) is 0 Å². The summed E-state index contributed by atoms with van der Waals surface area (Å²) in [5.74, 6) is 0. The van der Waals surface area contributed by atoms with Crippen LogP contribution in [0.15, 0.2) is 18.2 Å².